The number of aliphatic carboxylic acids is 1. The first-order chi connectivity index (χ1) is 4.77. The maximum Gasteiger partial charge on any atom is 0.303 e. The predicted octanol–water partition coefficient (Wildman–Crippen LogP) is 1.67. The van der Waals surface area contributed by atoms with Crippen LogP contribution >= 0.6 is 0 Å². The molecule has 0 spiro atoms. The molecule has 0 aliphatic carbocycles. The van der Waals surface area contributed by atoms with E-state index < -0.39 is 5.97 Å². The van der Waals surface area contributed by atoms with Crippen LogP contribution in [-0.4, -0.2) is 17.3 Å². The SMILES string of the molecule is N=CCCCCCC(=O)O. The minimum absolute atomic E-state index is 0.262. The molecule has 3 heteroatoms. The number of carboxylic acid groups (broad SMARTS) is 1. The average molecular weight is 143 g/mol. The molecule has 0 aromatic heterocycles. The lowest BCUT2D eigenvalue weighted by Crippen LogP contribution is -1.93. The molecule has 0 unspecified atom stereocenters. The highest BCUT2D eigenvalue weighted by Gasteiger charge is 1.94. The van der Waals surface area contributed by atoms with E-state index in [1.54, 1.807) is 0 Å². The van der Waals surface area contributed by atoms with Crippen LogP contribution in [0.25, 0.3) is 0 Å². The summed E-state index contributed by atoms with van der Waals surface area (Å²) in [5.41, 5.74) is 0. The van der Waals surface area contributed by atoms with Crippen LogP contribution in [0.4, 0.5) is 0 Å². The van der Waals surface area contributed by atoms with Crippen LogP contribution in [0, 0.1) is 5.41 Å². The van der Waals surface area contributed by atoms with E-state index in [1.807, 2.05) is 0 Å². The van der Waals surface area contributed by atoms with Gasteiger partial charge in [0.15, 0.2) is 0 Å². The lowest BCUT2D eigenvalue weighted by atomic mass is 10.1. The molecular weight excluding hydrogens is 130 g/mol. The Labute approximate surface area is 60.6 Å². The summed E-state index contributed by atoms with van der Waals surface area (Å²) in [6.45, 7) is 0. The molecule has 0 bridgehead atoms. The van der Waals surface area contributed by atoms with E-state index in [9.17, 15) is 4.79 Å². The largest absolute Gasteiger partial charge is 0.481 e. The van der Waals surface area contributed by atoms with Gasteiger partial charge in [0.1, 0.15) is 0 Å². The van der Waals surface area contributed by atoms with E-state index in [0.29, 0.717) is 0 Å². The summed E-state index contributed by atoms with van der Waals surface area (Å²) in [5, 5.41) is 14.9. The van der Waals surface area contributed by atoms with Gasteiger partial charge < -0.3 is 10.5 Å². The molecule has 58 valence electrons. The second kappa shape index (κ2) is 6.26. The zero-order chi connectivity index (χ0) is 7.82. The van der Waals surface area contributed by atoms with Gasteiger partial charge in [0, 0.05) is 6.42 Å². The van der Waals surface area contributed by atoms with Gasteiger partial charge in [-0.3, -0.25) is 4.79 Å². The van der Waals surface area contributed by atoms with Gasteiger partial charge in [-0.15, -0.1) is 0 Å². The molecule has 0 rings (SSSR count). The number of carboxylic acids is 1. The number of rotatable bonds is 6. The molecule has 10 heavy (non-hydrogen) atoms. The molecule has 0 heterocycles. The maximum absolute atomic E-state index is 9.99. The standard InChI is InChI=1S/C7H13NO2/c8-6-4-2-1-3-5-7(9)10/h6,8H,1-5H2,(H,9,10). The fourth-order valence-electron chi connectivity index (χ4n) is 0.699. The predicted molar refractivity (Wildman–Crippen MR) is 39.5 cm³/mol. The summed E-state index contributed by atoms with van der Waals surface area (Å²) in [5.74, 6) is -0.727. The summed E-state index contributed by atoms with van der Waals surface area (Å²) in [4.78, 5) is 9.99. The van der Waals surface area contributed by atoms with Gasteiger partial charge in [-0.2, -0.15) is 0 Å². The zero-order valence-electron chi connectivity index (χ0n) is 5.97. The lowest BCUT2D eigenvalue weighted by Gasteiger charge is -1.93. The lowest BCUT2D eigenvalue weighted by molar-refractivity contribution is -0.137. The molecule has 0 saturated heterocycles. The van der Waals surface area contributed by atoms with E-state index in [-0.39, 0.29) is 6.42 Å². The number of unbranched alkanes of at least 4 members (excludes halogenated alkanes) is 3. The quantitative estimate of drug-likeness (QED) is 0.439. The number of hydrogen-bond acceptors (Lipinski definition) is 2. The third kappa shape index (κ3) is 7.14. The topological polar surface area (TPSA) is 61.2 Å². The monoisotopic (exact) mass is 143 g/mol. The van der Waals surface area contributed by atoms with Crippen molar-refractivity contribution in [3.8, 4) is 0 Å². The Kier molecular flexibility index (Phi) is 5.72. The van der Waals surface area contributed by atoms with E-state index >= 15 is 0 Å². The van der Waals surface area contributed by atoms with E-state index in [2.05, 4.69) is 0 Å². The first-order valence-electron chi connectivity index (χ1n) is 3.48. The molecule has 0 aliphatic heterocycles. The van der Waals surface area contributed by atoms with Crippen molar-refractivity contribution < 1.29 is 9.90 Å². The van der Waals surface area contributed by atoms with Crippen LogP contribution in [0.5, 0.6) is 0 Å². The molecule has 0 radical (unpaired) electrons. The van der Waals surface area contributed by atoms with E-state index in [4.69, 9.17) is 10.5 Å². The van der Waals surface area contributed by atoms with Crippen LogP contribution in [0.2, 0.25) is 0 Å². The Hall–Kier alpha value is -0.860. The molecule has 0 fully saturated rings. The van der Waals surface area contributed by atoms with Gasteiger partial charge in [0.2, 0.25) is 0 Å². The molecule has 3 nitrogen and oxygen atoms in total. The molecule has 0 amide bonds. The Morgan fingerprint density at radius 2 is 2.10 bits per heavy atom. The molecule has 0 atom stereocenters. The first kappa shape index (κ1) is 9.14. The zero-order valence-corrected chi connectivity index (χ0v) is 5.97. The van der Waals surface area contributed by atoms with Gasteiger partial charge in [-0.25, -0.2) is 0 Å². The highest BCUT2D eigenvalue weighted by atomic mass is 16.4. The second-order valence-corrected chi connectivity index (χ2v) is 2.20. The Morgan fingerprint density at radius 3 is 2.60 bits per heavy atom. The molecular formula is C7H13NO2. The number of hydrogen-bond donors (Lipinski definition) is 2. The smallest absolute Gasteiger partial charge is 0.303 e. The molecule has 0 aromatic rings. The van der Waals surface area contributed by atoms with Crippen molar-refractivity contribution in [1.82, 2.24) is 0 Å². The Morgan fingerprint density at radius 1 is 1.40 bits per heavy atom. The summed E-state index contributed by atoms with van der Waals surface area (Å²) in [6.07, 6.45) is 5.00. The minimum atomic E-state index is -0.727. The van der Waals surface area contributed by atoms with Crippen LogP contribution in [0.3, 0.4) is 0 Å². The fraction of sp³-hybridized carbons (Fsp3) is 0.714. The summed E-state index contributed by atoms with van der Waals surface area (Å²) < 4.78 is 0. The second-order valence-electron chi connectivity index (χ2n) is 2.20. The van der Waals surface area contributed by atoms with E-state index in [1.165, 1.54) is 6.21 Å². The van der Waals surface area contributed by atoms with Crippen molar-refractivity contribution in [2.24, 2.45) is 0 Å². The van der Waals surface area contributed by atoms with Crippen LogP contribution in [-0.2, 0) is 4.79 Å². The van der Waals surface area contributed by atoms with Gasteiger partial charge in [0.05, 0.1) is 0 Å². The minimum Gasteiger partial charge on any atom is -0.481 e. The number of nitrogens with one attached hydrogen (secondary N) is 1. The third-order valence-corrected chi connectivity index (χ3v) is 1.24. The average Bonchev–Trinajstić information content (AvgIpc) is 1.87. The normalized spacial score (nSPS) is 9.20. The highest BCUT2D eigenvalue weighted by molar-refractivity contribution is 5.66. The van der Waals surface area contributed by atoms with Crippen molar-refractivity contribution in [2.75, 3.05) is 0 Å². The van der Waals surface area contributed by atoms with Crippen LogP contribution < -0.4 is 0 Å². The van der Waals surface area contributed by atoms with Gasteiger partial charge in [-0.05, 0) is 25.5 Å². The van der Waals surface area contributed by atoms with Crippen molar-refractivity contribution in [3.05, 3.63) is 0 Å². The van der Waals surface area contributed by atoms with Crippen LogP contribution in [0.15, 0.2) is 0 Å². The summed E-state index contributed by atoms with van der Waals surface area (Å²) in [7, 11) is 0. The van der Waals surface area contributed by atoms with Gasteiger partial charge >= 0.3 is 5.97 Å². The van der Waals surface area contributed by atoms with Crippen molar-refractivity contribution >= 4 is 12.2 Å². The highest BCUT2D eigenvalue weighted by Crippen LogP contribution is 2.00. The van der Waals surface area contributed by atoms with Crippen molar-refractivity contribution in [2.45, 2.75) is 32.1 Å². The van der Waals surface area contributed by atoms with Gasteiger partial charge in [-0.1, -0.05) is 6.42 Å². The summed E-state index contributed by atoms with van der Waals surface area (Å²) >= 11 is 0. The van der Waals surface area contributed by atoms with E-state index in [0.717, 1.165) is 25.7 Å². The summed E-state index contributed by atoms with van der Waals surface area (Å²) in [6, 6.07) is 0. The third-order valence-electron chi connectivity index (χ3n) is 1.24. The van der Waals surface area contributed by atoms with Crippen molar-refractivity contribution in [3.63, 3.8) is 0 Å². The fourth-order valence-corrected chi connectivity index (χ4v) is 0.699. The maximum atomic E-state index is 9.99. The molecule has 0 aliphatic rings. The number of carbonyl (C=O) groups is 1. The van der Waals surface area contributed by atoms with Crippen LogP contribution in [0.1, 0.15) is 32.1 Å². The first-order valence-corrected chi connectivity index (χ1v) is 3.48. The Balaban J connectivity index is 2.90. The molecule has 0 aromatic carbocycles. The molecule has 0 saturated carbocycles. The van der Waals surface area contributed by atoms with Crippen molar-refractivity contribution in [1.29, 1.82) is 5.41 Å². The van der Waals surface area contributed by atoms with Gasteiger partial charge in [0.25, 0.3) is 0 Å². The Bertz CT molecular complexity index is 112. The molecule has 2 N–H and O–H groups in total.